The molecule has 40 heavy (non-hydrogen) atoms. The molecule has 11 heteroatoms. The number of rotatable bonds is 7. The Morgan fingerprint density at radius 3 is 2.52 bits per heavy atom. The van der Waals surface area contributed by atoms with E-state index in [0.717, 1.165) is 21.0 Å². The van der Waals surface area contributed by atoms with Crippen LogP contribution in [0.1, 0.15) is 32.3 Å². The van der Waals surface area contributed by atoms with Crippen molar-refractivity contribution < 1.29 is 27.4 Å². The molecule has 4 N–H and O–H groups in total. The van der Waals surface area contributed by atoms with Gasteiger partial charge in [-0.2, -0.15) is 13.2 Å². The predicted molar refractivity (Wildman–Crippen MR) is 149 cm³/mol. The highest BCUT2D eigenvalue weighted by molar-refractivity contribution is 5.83. The number of aromatic nitrogens is 1. The molecule has 2 heterocycles. The Kier molecular flexibility index (Phi) is 10.2. The van der Waals surface area contributed by atoms with Crippen molar-refractivity contribution in [2.45, 2.75) is 44.9 Å². The van der Waals surface area contributed by atoms with E-state index in [1.54, 1.807) is 42.6 Å². The largest absolute Gasteiger partial charge is 0.496 e. The Balaban J connectivity index is 0.00000216. The lowest BCUT2D eigenvalue weighted by Crippen LogP contribution is -2.54. The number of fused-ring (bicyclic) bond motifs is 1. The van der Waals surface area contributed by atoms with Crippen molar-refractivity contribution in [3.05, 3.63) is 72.6 Å². The molecule has 0 saturated carbocycles. The molecule has 1 aromatic heterocycles. The monoisotopic (exact) mass is 559 g/mol. The summed E-state index contributed by atoms with van der Waals surface area (Å²) in [6.45, 7) is 2.65. The first kappa shape index (κ1) is 30.6. The van der Waals surface area contributed by atoms with Crippen LogP contribution in [0.4, 0.5) is 13.2 Å². The van der Waals surface area contributed by atoms with Crippen molar-refractivity contribution in [1.82, 2.24) is 14.9 Å². The van der Waals surface area contributed by atoms with Gasteiger partial charge in [-0.3, -0.25) is 4.79 Å². The predicted octanol–water partition coefficient (Wildman–Crippen LogP) is 4.89. The number of likely N-dealkylation sites (tertiary alicyclic amines) is 1. The summed E-state index contributed by atoms with van der Waals surface area (Å²) >= 11 is 0. The minimum absolute atomic E-state index is 0.223. The van der Waals surface area contributed by atoms with Gasteiger partial charge in [0.15, 0.2) is 0 Å². The quantitative estimate of drug-likeness (QED) is 0.368. The lowest BCUT2D eigenvalue weighted by Gasteiger charge is -2.35. The molecule has 2 aromatic rings. The van der Waals surface area contributed by atoms with Crippen LogP contribution in [0.2, 0.25) is 0 Å². The van der Waals surface area contributed by atoms with Gasteiger partial charge in [-0.15, -0.1) is 0 Å². The first-order chi connectivity index (χ1) is 19.1. The number of amides is 1. The highest BCUT2D eigenvalue weighted by Crippen LogP contribution is 2.34. The molecule has 2 aliphatic rings. The van der Waals surface area contributed by atoms with Crippen LogP contribution >= 0.6 is 0 Å². The number of nitrogens with zero attached hydrogens (tertiary/aromatic N) is 3. The van der Waals surface area contributed by atoms with Crippen molar-refractivity contribution in [2.75, 3.05) is 20.8 Å². The Morgan fingerprint density at radius 1 is 1.12 bits per heavy atom. The van der Waals surface area contributed by atoms with Crippen LogP contribution in [0.25, 0.3) is 16.8 Å². The maximum absolute atomic E-state index is 13.4. The van der Waals surface area contributed by atoms with Crippen LogP contribution in [-0.4, -0.2) is 59.8 Å². The van der Waals surface area contributed by atoms with Crippen LogP contribution in [0, 0.1) is 5.92 Å². The molecular formula is C29H36F3N5O3. The van der Waals surface area contributed by atoms with Crippen LogP contribution in [-0.2, 0) is 4.79 Å². The molecule has 4 rings (SSSR count). The summed E-state index contributed by atoms with van der Waals surface area (Å²) in [5.74, 6) is 6.30. The second kappa shape index (κ2) is 13.4. The molecule has 1 fully saturated rings. The minimum Gasteiger partial charge on any atom is -0.496 e. The molecule has 216 valence electrons. The fraction of sp³-hybridized carbons (Fsp3) is 0.379. The number of carbonyl (C=O) groups is 1. The zero-order chi connectivity index (χ0) is 29.4. The van der Waals surface area contributed by atoms with E-state index in [1.807, 2.05) is 32.1 Å². The molecule has 0 bridgehead atoms. The Morgan fingerprint density at radius 2 is 1.85 bits per heavy atom. The van der Waals surface area contributed by atoms with Crippen molar-refractivity contribution in [1.29, 1.82) is 0 Å². The lowest BCUT2D eigenvalue weighted by molar-refractivity contribution is -0.166. The molecule has 1 aliphatic carbocycles. The maximum Gasteiger partial charge on any atom is 0.406 e. The Bertz CT molecular complexity index is 1260. The highest BCUT2D eigenvalue weighted by atomic mass is 19.4. The number of nitrogens with two attached hydrogens (primary N) is 2. The summed E-state index contributed by atoms with van der Waals surface area (Å²) in [4.78, 5) is 18.3. The topological polar surface area (TPSA) is 107 Å². The molecule has 0 radical (unpaired) electrons. The van der Waals surface area contributed by atoms with Gasteiger partial charge in [0.2, 0.25) is 11.8 Å². The van der Waals surface area contributed by atoms with E-state index in [0.29, 0.717) is 23.6 Å². The molecule has 0 spiro atoms. The van der Waals surface area contributed by atoms with Gasteiger partial charge in [-0.1, -0.05) is 44.2 Å². The first-order valence-electron chi connectivity index (χ1n) is 13.0. The number of halogens is 3. The highest BCUT2D eigenvalue weighted by Gasteiger charge is 2.43. The molecule has 1 aliphatic heterocycles. The van der Waals surface area contributed by atoms with Crippen molar-refractivity contribution in [3.63, 3.8) is 0 Å². The maximum atomic E-state index is 13.4. The van der Waals surface area contributed by atoms with Crippen LogP contribution < -0.4 is 21.1 Å². The van der Waals surface area contributed by atoms with E-state index in [-0.39, 0.29) is 18.0 Å². The van der Waals surface area contributed by atoms with Gasteiger partial charge in [0.1, 0.15) is 18.3 Å². The first-order valence-corrected chi connectivity index (χ1v) is 13.0. The third-order valence-corrected chi connectivity index (χ3v) is 6.71. The van der Waals surface area contributed by atoms with Gasteiger partial charge in [-0.05, 0) is 36.6 Å². The molecule has 8 nitrogen and oxygen atoms in total. The standard InChI is InChI=1S/C27H30F3N5O3.C2H6/c1-37-24-13-19(7-9-20(24)18-11-12-33-25(14-18)38-2)21(31)15-35(32)23-10-8-17-5-3-4-6-22(17)34(26(23)36)16-27(28,29)30;1-2/h3-7,9,11-15,17,22-23H,8,10,16,31-32H2,1-2H3;1-2H3/b21-15-;. The summed E-state index contributed by atoms with van der Waals surface area (Å²) in [5.41, 5.74) is 8.71. The van der Waals surface area contributed by atoms with Gasteiger partial charge in [0.05, 0.1) is 26.0 Å². The number of allylic oxidation sites excluding steroid dienone is 2. The van der Waals surface area contributed by atoms with E-state index >= 15 is 0 Å². The number of alkyl halides is 3. The summed E-state index contributed by atoms with van der Waals surface area (Å²) in [6.07, 6.45) is 6.14. The molecule has 1 amide bonds. The summed E-state index contributed by atoms with van der Waals surface area (Å²) < 4.78 is 51.0. The third-order valence-electron chi connectivity index (χ3n) is 6.71. The van der Waals surface area contributed by atoms with E-state index in [4.69, 9.17) is 21.1 Å². The summed E-state index contributed by atoms with van der Waals surface area (Å²) in [7, 11) is 3.05. The van der Waals surface area contributed by atoms with Crippen molar-refractivity contribution in [3.8, 4) is 22.8 Å². The molecule has 1 aromatic carbocycles. The number of hydrogen-bond acceptors (Lipinski definition) is 7. The zero-order valence-corrected chi connectivity index (χ0v) is 23.1. The van der Waals surface area contributed by atoms with Crippen molar-refractivity contribution in [2.24, 2.45) is 17.5 Å². The van der Waals surface area contributed by atoms with E-state index in [9.17, 15) is 18.0 Å². The summed E-state index contributed by atoms with van der Waals surface area (Å²) in [5, 5.41) is 1.11. The van der Waals surface area contributed by atoms with Gasteiger partial charge in [-0.25, -0.2) is 10.8 Å². The van der Waals surface area contributed by atoms with E-state index in [2.05, 4.69) is 4.98 Å². The van der Waals surface area contributed by atoms with Gasteiger partial charge < -0.3 is 25.1 Å². The minimum atomic E-state index is -4.55. The lowest BCUT2D eigenvalue weighted by atomic mass is 9.90. The average molecular weight is 560 g/mol. The number of pyridine rings is 1. The number of benzene rings is 1. The summed E-state index contributed by atoms with van der Waals surface area (Å²) in [6, 6.07) is 7.19. The smallest absolute Gasteiger partial charge is 0.406 e. The fourth-order valence-electron chi connectivity index (χ4n) is 4.83. The second-order valence-electron chi connectivity index (χ2n) is 9.13. The number of ether oxygens (including phenoxy) is 2. The number of carbonyl (C=O) groups excluding carboxylic acids is 1. The Labute approximate surface area is 232 Å². The number of hydrogen-bond donors (Lipinski definition) is 2. The zero-order valence-electron chi connectivity index (χ0n) is 23.1. The SMILES string of the molecule is CC.COc1cc(-c2ccc(/C(N)=C/N(N)C3CCC4C=CC=CC4N(CC(F)(F)F)C3=O)cc2OC)ccn1. The van der Waals surface area contributed by atoms with E-state index in [1.165, 1.54) is 20.4 Å². The molecule has 3 unspecified atom stereocenters. The Hall–Kier alpha value is -3.99. The molecular weight excluding hydrogens is 523 g/mol. The normalized spacial score (nSPS) is 20.7. The average Bonchev–Trinajstić information content (AvgIpc) is 3.09. The van der Waals surface area contributed by atoms with Crippen LogP contribution in [0.15, 0.2) is 67.0 Å². The van der Waals surface area contributed by atoms with Crippen LogP contribution in [0.5, 0.6) is 11.6 Å². The van der Waals surface area contributed by atoms with E-state index < -0.39 is 30.7 Å². The van der Waals surface area contributed by atoms with Gasteiger partial charge in [0, 0.05) is 35.5 Å². The van der Waals surface area contributed by atoms with Crippen molar-refractivity contribution >= 4 is 11.6 Å². The molecule has 3 atom stereocenters. The van der Waals surface area contributed by atoms with Gasteiger partial charge >= 0.3 is 6.18 Å². The second-order valence-corrected chi connectivity index (χ2v) is 9.13. The van der Waals surface area contributed by atoms with Gasteiger partial charge in [0.25, 0.3) is 0 Å². The molecule has 1 saturated heterocycles. The number of methoxy groups -OCH3 is 2. The number of hydrazine groups is 1. The fourth-order valence-corrected chi connectivity index (χ4v) is 4.83. The van der Waals surface area contributed by atoms with Crippen LogP contribution in [0.3, 0.4) is 0 Å². The third kappa shape index (κ3) is 7.15.